The third kappa shape index (κ3) is 11.1. The number of carbonyl (C=O) groups is 2. The van der Waals surface area contributed by atoms with E-state index in [4.69, 9.17) is 5.11 Å². The first kappa shape index (κ1) is 24.4. The van der Waals surface area contributed by atoms with E-state index in [1.165, 1.54) is 18.2 Å². The average Bonchev–Trinajstić information content (AvgIpc) is 2.67. The van der Waals surface area contributed by atoms with Crippen molar-refractivity contribution in [2.45, 2.75) is 58.4 Å². The summed E-state index contributed by atoms with van der Waals surface area (Å²) in [6.45, 7) is 4.29. The van der Waals surface area contributed by atoms with E-state index in [0.717, 1.165) is 37.7 Å². The second kappa shape index (κ2) is 13.6. The quantitative estimate of drug-likeness (QED) is 0.229. The van der Waals surface area contributed by atoms with Crippen molar-refractivity contribution in [2.24, 2.45) is 5.92 Å². The van der Waals surface area contributed by atoms with Gasteiger partial charge in [-0.1, -0.05) is 56.0 Å². The van der Waals surface area contributed by atoms with Crippen LogP contribution in [0.4, 0.5) is 0 Å². The number of aliphatic carboxylic acids is 1. The molecule has 4 N–H and O–H groups in total. The Bertz CT molecular complexity index is 694. The number of aliphatic hydroxyl groups is 1. The van der Waals surface area contributed by atoms with Crippen LogP contribution in [-0.2, 0) is 16.0 Å². The molecule has 0 aliphatic heterocycles. The fraction of sp³-hybridized carbons (Fsp3) is 0.478. The molecule has 0 heterocycles. The van der Waals surface area contributed by atoms with Gasteiger partial charge in [-0.05, 0) is 43.4 Å². The second-order valence-electron chi connectivity index (χ2n) is 7.42. The van der Waals surface area contributed by atoms with Gasteiger partial charge in [0.1, 0.15) is 11.8 Å². The zero-order valence-electron chi connectivity index (χ0n) is 17.3. The number of rotatable bonds is 13. The van der Waals surface area contributed by atoms with E-state index in [9.17, 15) is 19.8 Å². The normalized spacial score (nSPS) is 14.0. The highest BCUT2D eigenvalue weighted by molar-refractivity contribution is 5.91. The van der Waals surface area contributed by atoms with E-state index in [-0.39, 0.29) is 18.8 Å². The van der Waals surface area contributed by atoms with E-state index in [0.29, 0.717) is 11.5 Å². The lowest BCUT2D eigenvalue weighted by molar-refractivity contribution is -0.141. The molecule has 1 rings (SSSR count). The zero-order valence-corrected chi connectivity index (χ0v) is 17.3. The average molecular weight is 404 g/mol. The largest absolute Gasteiger partial charge is 0.508 e. The van der Waals surface area contributed by atoms with Gasteiger partial charge in [-0.2, -0.15) is 0 Å². The van der Waals surface area contributed by atoms with Crippen LogP contribution in [-0.4, -0.2) is 39.8 Å². The first-order chi connectivity index (χ1) is 13.8. The molecule has 0 bridgehead atoms. The van der Waals surface area contributed by atoms with Gasteiger partial charge in [0.25, 0.3) is 0 Å². The maximum atomic E-state index is 12.1. The van der Waals surface area contributed by atoms with Gasteiger partial charge in [-0.25, -0.2) is 4.79 Å². The summed E-state index contributed by atoms with van der Waals surface area (Å²) in [5.41, 5.74) is 1.66. The highest BCUT2D eigenvalue weighted by Gasteiger charge is 2.19. The number of hydrogen-bond acceptors (Lipinski definition) is 4. The molecule has 0 fully saturated rings. The van der Waals surface area contributed by atoms with Crippen LogP contribution >= 0.6 is 0 Å². The number of nitrogens with one attached hydrogen (secondary N) is 1. The number of benzene rings is 1. The molecule has 0 aliphatic rings. The number of amides is 1. The Kier molecular flexibility index (Phi) is 11.4. The van der Waals surface area contributed by atoms with Crippen molar-refractivity contribution in [3.63, 3.8) is 0 Å². The van der Waals surface area contributed by atoms with Crippen molar-refractivity contribution >= 4 is 11.9 Å². The van der Waals surface area contributed by atoms with Gasteiger partial charge in [0.2, 0.25) is 5.91 Å². The Morgan fingerprint density at radius 3 is 2.34 bits per heavy atom. The summed E-state index contributed by atoms with van der Waals surface area (Å²) in [7, 11) is 0. The maximum absolute atomic E-state index is 12.1. The predicted molar refractivity (Wildman–Crippen MR) is 114 cm³/mol. The van der Waals surface area contributed by atoms with Crippen molar-refractivity contribution in [1.82, 2.24) is 5.32 Å². The van der Waals surface area contributed by atoms with Gasteiger partial charge < -0.3 is 20.6 Å². The summed E-state index contributed by atoms with van der Waals surface area (Å²) >= 11 is 0. The monoisotopic (exact) mass is 403 g/mol. The molecule has 0 saturated heterocycles. The third-order valence-electron chi connectivity index (χ3n) is 4.60. The van der Waals surface area contributed by atoms with E-state index < -0.39 is 17.9 Å². The Morgan fingerprint density at radius 1 is 1.07 bits per heavy atom. The highest BCUT2D eigenvalue weighted by atomic mass is 16.4. The van der Waals surface area contributed by atoms with Gasteiger partial charge in [0.15, 0.2) is 0 Å². The SMILES string of the molecule is CC(/C=C/C(=O)NC(Cc1ccc(O)cc1)C(=O)O)=C\C(C)CCCCCCO. The fourth-order valence-corrected chi connectivity index (χ4v) is 3.01. The van der Waals surface area contributed by atoms with Gasteiger partial charge in [-0.3, -0.25) is 4.79 Å². The molecule has 0 spiro atoms. The van der Waals surface area contributed by atoms with Crippen LogP contribution in [0.15, 0.2) is 48.1 Å². The van der Waals surface area contributed by atoms with Gasteiger partial charge in [0.05, 0.1) is 0 Å². The number of allylic oxidation sites excluding steroid dienone is 3. The Morgan fingerprint density at radius 2 is 1.72 bits per heavy atom. The molecule has 1 amide bonds. The van der Waals surface area contributed by atoms with Crippen molar-refractivity contribution in [3.8, 4) is 5.75 Å². The molecule has 1 aromatic rings. The molecule has 160 valence electrons. The summed E-state index contributed by atoms with van der Waals surface area (Å²) < 4.78 is 0. The van der Waals surface area contributed by atoms with Crippen molar-refractivity contribution in [2.75, 3.05) is 6.61 Å². The zero-order chi connectivity index (χ0) is 21.6. The number of hydrogen-bond donors (Lipinski definition) is 4. The van der Waals surface area contributed by atoms with Gasteiger partial charge >= 0.3 is 5.97 Å². The Hall–Kier alpha value is -2.60. The molecule has 0 radical (unpaired) electrons. The van der Waals surface area contributed by atoms with Crippen LogP contribution in [0, 0.1) is 5.92 Å². The van der Waals surface area contributed by atoms with Crippen LogP contribution in [0.1, 0.15) is 51.5 Å². The molecule has 2 unspecified atom stereocenters. The van der Waals surface area contributed by atoms with E-state index >= 15 is 0 Å². The van der Waals surface area contributed by atoms with E-state index in [2.05, 4.69) is 18.3 Å². The number of carboxylic acids is 1. The number of phenolic OH excluding ortho intramolecular Hbond substituents is 1. The highest BCUT2D eigenvalue weighted by Crippen LogP contribution is 2.14. The lowest BCUT2D eigenvalue weighted by Gasteiger charge is -2.13. The number of aliphatic hydroxyl groups excluding tert-OH is 1. The van der Waals surface area contributed by atoms with Crippen LogP contribution in [0.5, 0.6) is 5.75 Å². The van der Waals surface area contributed by atoms with Crippen molar-refractivity contribution < 1.29 is 24.9 Å². The molecule has 0 saturated carbocycles. The van der Waals surface area contributed by atoms with Gasteiger partial charge in [0, 0.05) is 19.1 Å². The first-order valence-electron chi connectivity index (χ1n) is 10.1. The lowest BCUT2D eigenvalue weighted by atomic mass is 10.00. The van der Waals surface area contributed by atoms with Crippen molar-refractivity contribution in [3.05, 3.63) is 53.6 Å². The third-order valence-corrected chi connectivity index (χ3v) is 4.60. The number of phenols is 1. The van der Waals surface area contributed by atoms with Crippen LogP contribution < -0.4 is 5.32 Å². The minimum atomic E-state index is -1.11. The molecule has 0 aromatic heterocycles. The van der Waals surface area contributed by atoms with Crippen molar-refractivity contribution in [1.29, 1.82) is 0 Å². The molecule has 1 aromatic carbocycles. The summed E-state index contributed by atoms with van der Waals surface area (Å²) in [5, 5.41) is 29.9. The number of carbonyl (C=O) groups excluding carboxylic acids is 1. The summed E-state index contributed by atoms with van der Waals surface area (Å²) in [6, 6.07) is 5.19. The minimum Gasteiger partial charge on any atom is -0.508 e. The van der Waals surface area contributed by atoms with Crippen LogP contribution in [0.2, 0.25) is 0 Å². The molecule has 6 nitrogen and oxygen atoms in total. The number of unbranched alkanes of at least 4 members (excludes halogenated alkanes) is 3. The standard InChI is InChI=1S/C23H33NO5/c1-17(7-5-3-4-6-14-25)15-18(2)8-13-22(27)24-21(23(28)29)16-19-9-11-20(26)12-10-19/h8-13,15,17,21,25-26H,3-7,14,16H2,1-2H3,(H,24,27)(H,28,29)/b13-8+,18-15+. The maximum Gasteiger partial charge on any atom is 0.326 e. The molecule has 29 heavy (non-hydrogen) atoms. The Balaban J connectivity index is 2.51. The Labute approximate surface area is 173 Å². The minimum absolute atomic E-state index is 0.106. The first-order valence-corrected chi connectivity index (χ1v) is 10.1. The molecule has 6 heteroatoms. The van der Waals surface area contributed by atoms with E-state index in [1.807, 2.05) is 6.92 Å². The van der Waals surface area contributed by atoms with Gasteiger partial charge in [-0.15, -0.1) is 0 Å². The number of carboxylic acid groups (broad SMARTS) is 1. The summed E-state index contributed by atoms with van der Waals surface area (Å²) in [4.78, 5) is 23.6. The van der Waals surface area contributed by atoms with E-state index in [1.54, 1.807) is 18.2 Å². The smallest absolute Gasteiger partial charge is 0.326 e. The molecule has 0 aliphatic carbocycles. The summed E-state index contributed by atoms with van der Waals surface area (Å²) in [5.74, 6) is -1.07. The second-order valence-corrected chi connectivity index (χ2v) is 7.42. The molecular formula is C23H33NO5. The lowest BCUT2D eigenvalue weighted by Crippen LogP contribution is -2.41. The molecule has 2 atom stereocenters. The molecular weight excluding hydrogens is 370 g/mol. The van der Waals surface area contributed by atoms with Crippen LogP contribution in [0.25, 0.3) is 0 Å². The fourth-order valence-electron chi connectivity index (χ4n) is 3.01. The topological polar surface area (TPSA) is 107 Å². The van der Waals surface area contributed by atoms with Crippen LogP contribution in [0.3, 0.4) is 0 Å². The number of aromatic hydroxyl groups is 1. The predicted octanol–water partition coefficient (Wildman–Crippen LogP) is 3.59. The summed E-state index contributed by atoms with van der Waals surface area (Å²) in [6.07, 6.45) is 10.4.